The van der Waals surface area contributed by atoms with Crippen molar-refractivity contribution in [2.45, 2.75) is 26.6 Å². The van der Waals surface area contributed by atoms with Gasteiger partial charge in [-0.3, -0.25) is 4.68 Å². The van der Waals surface area contributed by atoms with Crippen LogP contribution in [0.25, 0.3) is 0 Å². The number of nitrogens with one attached hydrogen (secondary N) is 1. The number of methoxy groups -OCH3 is 1. The van der Waals surface area contributed by atoms with E-state index in [1.54, 1.807) is 13.3 Å². The lowest BCUT2D eigenvalue weighted by Gasteiger charge is -2.09. The smallest absolute Gasteiger partial charge is 0.217 e. The number of pyridine rings is 1. The summed E-state index contributed by atoms with van der Waals surface area (Å²) in [5.74, 6) is 0.675. The van der Waals surface area contributed by atoms with Crippen molar-refractivity contribution >= 4 is 0 Å². The van der Waals surface area contributed by atoms with Crippen LogP contribution in [0.15, 0.2) is 30.6 Å². The van der Waals surface area contributed by atoms with Crippen LogP contribution in [-0.4, -0.2) is 21.9 Å². The van der Waals surface area contributed by atoms with Crippen LogP contribution in [0.2, 0.25) is 0 Å². The first kappa shape index (κ1) is 12.6. The predicted molar refractivity (Wildman–Crippen MR) is 69.2 cm³/mol. The number of aryl methyl sites for hydroxylation is 1. The van der Waals surface area contributed by atoms with Crippen LogP contribution in [-0.2, 0) is 19.6 Å². The van der Waals surface area contributed by atoms with Gasteiger partial charge < -0.3 is 10.1 Å². The molecule has 5 nitrogen and oxygen atoms in total. The van der Waals surface area contributed by atoms with Gasteiger partial charge in [-0.25, -0.2) is 4.98 Å². The van der Waals surface area contributed by atoms with Crippen LogP contribution in [0, 0.1) is 0 Å². The second-order valence-corrected chi connectivity index (χ2v) is 3.91. The third-order valence-electron chi connectivity index (χ3n) is 2.77. The maximum atomic E-state index is 5.21. The molecule has 0 aromatic carbocycles. The molecular weight excluding hydrogens is 228 g/mol. The minimum absolute atomic E-state index is 0.675. The molecule has 2 aromatic heterocycles. The van der Waals surface area contributed by atoms with E-state index in [1.165, 1.54) is 5.69 Å². The Morgan fingerprint density at radius 2 is 2.17 bits per heavy atom. The summed E-state index contributed by atoms with van der Waals surface area (Å²) in [6.07, 6.45) is 3.56. The molecule has 0 spiro atoms. The van der Waals surface area contributed by atoms with Gasteiger partial charge >= 0.3 is 0 Å². The molecule has 0 bridgehead atoms. The summed E-state index contributed by atoms with van der Waals surface area (Å²) in [5.41, 5.74) is 2.24. The highest BCUT2D eigenvalue weighted by molar-refractivity contribution is 5.25. The quantitative estimate of drug-likeness (QED) is 0.841. The van der Waals surface area contributed by atoms with E-state index >= 15 is 0 Å². The first-order valence-electron chi connectivity index (χ1n) is 6.04. The Hall–Kier alpha value is -1.88. The van der Waals surface area contributed by atoms with Gasteiger partial charge in [0.15, 0.2) is 0 Å². The van der Waals surface area contributed by atoms with Gasteiger partial charge in [-0.05, 0) is 19.1 Å². The Morgan fingerprint density at radius 1 is 1.28 bits per heavy atom. The molecule has 18 heavy (non-hydrogen) atoms. The molecule has 0 amide bonds. The van der Waals surface area contributed by atoms with Crippen LogP contribution >= 0.6 is 0 Å². The molecule has 96 valence electrons. The first-order chi connectivity index (χ1) is 8.85. The zero-order chi connectivity index (χ0) is 12.8. The van der Waals surface area contributed by atoms with Crippen LogP contribution < -0.4 is 10.1 Å². The normalized spacial score (nSPS) is 10.6. The maximum absolute atomic E-state index is 5.21. The van der Waals surface area contributed by atoms with Crippen LogP contribution in [0.4, 0.5) is 0 Å². The van der Waals surface area contributed by atoms with Crippen molar-refractivity contribution < 1.29 is 4.74 Å². The fourth-order valence-electron chi connectivity index (χ4n) is 1.86. The molecule has 1 N–H and O–H groups in total. The number of rotatable bonds is 6. The highest BCUT2D eigenvalue weighted by Gasteiger charge is 2.04. The van der Waals surface area contributed by atoms with Gasteiger partial charge in [0.2, 0.25) is 5.88 Å². The number of aromatic nitrogens is 3. The van der Waals surface area contributed by atoms with Crippen molar-refractivity contribution in [3.05, 3.63) is 41.9 Å². The Kier molecular flexibility index (Phi) is 4.30. The van der Waals surface area contributed by atoms with Crippen molar-refractivity contribution in [2.75, 3.05) is 7.11 Å². The molecule has 0 unspecified atom stereocenters. The van der Waals surface area contributed by atoms with Crippen molar-refractivity contribution in [3.8, 4) is 5.88 Å². The lowest BCUT2D eigenvalue weighted by molar-refractivity contribution is 0.390. The molecule has 0 aliphatic heterocycles. The lowest BCUT2D eigenvalue weighted by atomic mass is 10.2. The second kappa shape index (κ2) is 6.16. The van der Waals surface area contributed by atoms with E-state index in [-0.39, 0.29) is 0 Å². The Morgan fingerprint density at radius 3 is 2.94 bits per heavy atom. The average molecular weight is 246 g/mol. The fraction of sp³-hybridized carbons (Fsp3) is 0.385. The van der Waals surface area contributed by atoms with E-state index in [0.29, 0.717) is 5.88 Å². The number of hydrogen-bond acceptors (Lipinski definition) is 4. The van der Waals surface area contributed by atoms with E-state index in [2.05, 4.69) is 22.3 Å². The zero-order valence-corrected chi connectivity index (χ0v) is 10.8. The molecule has 0 radical (unpaired) electrons. The monoisotopic (exact) mass is 246 g/mol. The molecule has 2 aromatic rings. The molecule has 0 saturated heterocycles. The van der Waals surface area contributed by atoms with Gasteiger partial charge in [0.05, 0.1) is 12.8 Å². The lowest BCUT2D eigenvalue weighted by Crippen LogP contribution is -2.16. The standard InChI is InChI=1S/C13H18N4O/c1-3-17-12(6-8-16-17)10-14-9-11-5-4-7-15-13(11)18-2/h4-8,14H,3,9-10H2,1-2H3. The highest BCUT2D eigenvalue weighted by atomic mass is 16.5. The molecule has 2 heterocycles. The highest BCUT2D eigenvalue weighted by Crippen LogP contribution is 2.13. The topological polar surface area (TPSA) is 52.0 Å². The molecule has 0 aliphatic carbocycles. The minimum atomic E-state index is 0.675. The summed E-state index contributed by atoms with van der Waals surface area (Å²) >= 11 is 0. The van der Waals surface area contributed by atoms with Gasteiger partial charge in [0.25, 0.3) is 0 Å². The van der Waals surface area contributed by atoms with Crippen molar-refractivity contribution in [1.82, 2.24) is 20.1 Å². The van der Waals surface area contributed by atoms with E-state index in [1.807, 2.05) is 29.1 Å². The van der Waals surface area contributed by atoms with E-state index in [0.717, 1.165) is 25.2 Å². The first-order valence-corrected chi connectivity index (χ1v) is 6.04. The molecule has 0 fully saturated rings. The maximum Gasteiger partial charge on any atom is 0.217 e. The molecular formula is C13H18N4O. The summed E-state index contributed by atoms with van der Waals surface area (Å²) in [6.45, 7) is 4.48. The van der Waals surface area contributed by atoms with Crippen LogP contribution in [0.5, 0.6) is 5.88 Å². The number of hydrogen-bond donors (Lipinski definition) is 1. The van der Waals surface area contributed by atoms with Crippen LogP contribution in [0.3, 0.4) is 0 Å². The predicted octanol–water partition coefficient (Wildman–Crippen LogP) is 1.60. The van der Waals surface area contributed by atoms with E-state index in [4.69, 9.17) is 4.74 Å². The molecule has 0 atom stereocenters. The molecule has 0 aliphatic rings. The second-order valence-electron chi connectivity index (χ2n) is 3.91. The fourth-order valence-corrected chi connectivity index (χ4v) is 1.86. The van der Waals surface area contributed by atoms with Crippen molar-refractivity contribution in [3.63, 3.8) is 0 Å². The van der Waals surface area contributed by atoms with Crippen LogP contribution in [0.1, 0.15) is 18.2 Å². The SMILES string of the molecule is CCn1nccc1CNCc1cccnc1OC. The van der Waals surface area contributed by atoms with Gasteiger partial charge in [-0.2, -0.15) is 5.10 Å². The average Bonchev–Trinajstić information content (AvgIpc) is 2.87. The summed E-state index contributed by atoms with van der Waals surface area (Å²) < 4.78 is 7.19. The molecule has 0 saturated carbocycles. The summed E-state index contributed by atoms with van der Waals surface area (Å²) in [7, 11) is 1.64. The summed E-state index contributed by atoms with van der Waals surface area (Å²) in [5, 5.41) is 7.61. The van der Waals surface area contributed by atoms with Crippen molar-refractivity contribution in [2.24, 2.45) is 0 Å². The van der Waals surface area contributed by atoms with E-state index < -0.39 is 0 Å². The third kappa shape index (κ3) is 2.87. The largest absolute Gasteiger partial charge is 0.481 e. The minimum Gasteiger partial charge on any atom is -0.481 e. The Bertz CT molecular complexity index is 495. The van der Waals surface area contributed by atoms with Crippen molar-refractivity contribution in [1.29, 1.82) is 0 Å². The third-order valence-corrected chi connectivity index (χ3v) is 2.77. The summed E-state index contributed by atoms with van der Waals surface area (Å²) in [4.78, 5) is 4.17. The molecule has 5 heteroatoms. The van der Waals surface area contributed by atoms with Gasteiger partial charge in [-0.15, -0.1) is 0 Å². The van der Waals surface area contributed by atoms with Gasteiger partial charge in [-0.1, -0.05) is 6.07 Å². The van der Waals surface area contributed by atoms with E-state index in [9.17, 15) is 0 Å². The van der Waals surface area contributed by atoms with Gasteiger partial charge in [0.1, 0.15) is 0 Å². The number of ether oxygens (including phenoxy) is 1. The molecule has 2 rings (SSSR count). The van der Waals surface area contributed by atoms with Gasteiger partial charge in [0, 0.05) is 37.6 Å². The Labute approximate surface area is 107 Å². The number of nitrogens with zero attached hydrogens (tertiary/aromatic N) is 3. The Balaban J connectivity index is 1.92. The zero-order valence-electron chi connectivity index (χ0n) is 10.8. The summed E-state index contributed by atoms with van der Waals surface area (Å²) in [6, 6.07) is 5.95.